The molecule has 0 saturated heterocycles. The molecule has 3 heteroatoms. The number of aryl methyl sites for hydroxylation is 1. The van der Waals surface area contributed by atoms with Gasteiger partial charge in [0.15, 0.2) is 0 Å². The standard InChI is InChI=1S/C21H28FNO/c1-13-5-4-6-17(7-13)20(2,3)19(24)23-18-15-8-14-9-16(18)12-21(22,10-14)11-15/h4-7,14-16,18H,8-12H2,1-3H3,(H,23,24)/t14?,15-,16+,18+,21+. The summed E-state index contributed by atoms with van der Waals surface area (Å²) in [5.74, 6) is 1.29. The fourth-order valence-electron chi connectivity index (χ4n) is 5.66. The fraction of sp³-hybridized carbons (Fsp3) is 0.667. The third-order valence-corrected chi connectivity index (χ3v) is 6.80. The number of hydrogen-bond acceptors (Lipinski definition) is 1. The monoisotopic (exact) mass is 329 g/mol. The zero-order valence-corrected chi connectivity index (χ0v) is 14.9. The van der Waals surface area contributed by atoms with Crippen molar-refractivity contribution in [1.29, 1.82) is 0 Å². The maximum Gasteiger partial charge on any atom is 0.230 e. The Bertz CT molecular complexity index is 652. The molecule has 5 rings (SSSR count). The van der Waals surface area contributed by atoms with Gasteiger partial charge in [0.25, 0.3) is 0 Å². The molecule has 0 heterocycles. The maximum atomic E-state index is 14.8. The van der Waals surface area contributed by atoms with Crippen LogP contribution in [0.25, 0.3) is 0 Å². The Morgan fingerprint density at radius 3 is 2.46 bits per heavy atom. The van der Waals surface area contributed by atoms with Gasteiger partial charge in [-0.05, 0) is 76.2 Å². The molecule has 0 spiro atoms. The van der Waals surface area contributed by atoms with Crippen LogP contribution >= 0.6 is 0 Å². The molecule has 24 heavy (non-hydrogen) atoms. The largest absolute Gasteiger partial charge is 0.352 e. The van der Waals surface area contributed by atoms with Crippen molar-refractivity contribution >= 4 is 5.91 Å². The van der Waals surface area contributed by atoms with Gasteiger partial charge in [-0.25, -0.2) is 4.39 Å². The lowest BCUT2D eigenvalue weighted by Gasteiger charge is -2.57. The van der Waals surface area contributed by atoms with Gasteiger partial charge in [0, 0.05) is 6.04 Å². The summed E-state index contributed by atoms with van der Waals surface area (Å²) >= 11 is 0. The summed E-state index contributed by atoms with van der Waals surface area (Å²) in [4.78, 5) is 13.0. The number of nitrogens with one attached hydrogen (secondary N) is 1. The Hall–Kier alpha value is -1.38. The van der Waals surface area contributed by atoms with Crippen molar-refractivity contribution in [3.8, 4) is 0 Å². The van der Waals surface area contributed by atoms with Crippen LogP contribution in [0.2, 0.25) is 0 Å². The average Bonchev–Trinajstić information content (AvgIpc) is 2.49. The summed E-state index contributed by atoms with van der Waals surface area (Å²) in [6, 6.07) is 8.35. The second kappa shape index (κ2) is 5.31. The molecule has 4 bridgehead atoms. The third-order valence-electron chi connectivity index (χ3n) is 6.80. The Labute approximate surface area is 144 Å². The number of amides is 1. The van der Waals surface area contributed by atoms with Crippen LogP contribution in [0, 0.1) is 24.7 Å². The summed E-state index contributed by atoms with van der Waals surface area (Å²) in [6.07, 6.45) is 4.25. The van der Waals surface area contributed by atoms with Crippen molar-refractivity contribution in [3.63, 3.8) is 0 Å². The summed E-state index contributed by atoms with van der Waals surface area (Å²) in [6.45, 7) is 6.03. The number of benzene rings is 1. The highest BCUT2D eigenvalue weighted by molar-refractivity contribution is 5.87. The van der Waals surface area contributed by atoms with Crippen molar-refractivity contribution in [2.75, 3.05) is 0 Å². The molecule has 1 amide bonds. The van der Waals surface area contributed by atoms with E-state index >= 15 is 0 Å². The van der Waals surface area contributed by atoms with Crippen LogP contribution in [0.3, 0.4) is 0 Å². The van der Waals surface area contributed by atoms with E-state index in [1.165, 1.54) is 5.56 Å². The van der Waals surface area contributed by atoms with Crippen LogP contribution in [0.4, 0.5) is 4.39 Å². The van der Waals surface area contributed by atoms with E-state index in [0.29, 0.717) is 30.6 Å². The Balaban J connectivity index is 1.52. The number of rotatable bonds is 3. The van der Waals surface area contributed by atoms with E-state index in [1.54, 1.807) is 0 Å². The lowest BCUT2D eigenvalue weighted by atomic mass is 9.53. The SMILES string of the molecule is Cc1cccc(C(C)(C)C(=O)N[C@H]2[C@@H]3CC4C[C@H]2C[C@](F)(C4)C3)c1. The molecule has 0 aromatic heterocycles. The molecule has 2 nitrogen and oxygen atoms in total. The predicted octanol–water partition coefficient (Wildman–Crippen LogP) is 4.31. The summed E-state index contributed by atoms with van der Waals surface area (Å²) in [7, 11) is 0. The van der Waals surface area contributed by atoms with Crippen molar-refractivity contribution in [2.24, 2.45) is 17.8 Å². The molecule has 4 saturated carbocycles. The van der Waals surface area contributed by atoms with Crippen LogP contribution in [0.15, 0.2) is 24.3 Å². The van der Waals surface area contributed by atoms with E-state index in [9.17, 15) is 9.18 Å². The minimum Gasteiger partial charge on any atom is -0.352 e. The van der Waals surface area contributed by atoms with Gasteiger partial charge in [0.2, 0.25) is 5.91 Å². The first-order valence-corrected chi connectivity index (χ1v) is 9.34. The number of carbonyl (C=O) groups excluding carboxylic acids is 1. The van der Waals surface area contributed by atoms with Crippen molar-refractivity contribution in [1.82, 2.24) is 5.32 Å². The van der Waals surface area contributed by atoms with Crippen LogP contribution in [-0.4, -0.2) is 17.6 Å². The highest BCUT2D eigenvalue weighted by Crippen LogP contribution is 2.57. The molecule has 0 radical (unpaired) electrons. The van der Waals surface area contributed by atoms with Crippen LogP contribution in [-0.2, 0) is 10.2 Å². The fourth-order valence-corrected chi connectivity index (χ4v) is 5.66. The molecule has 0 aliphatic heterocycles. The molecule has 4 aliphatic carbocycles. The highest BCUT2D eigenvalue weighted by atomic mass is 19.1. The first-order valence-electron chi connectivity index (χ1n) is 9.34. The van der Waals surface area contributed by atoms with E-state index in [1.807, 2.05) is 26.0 Å². The topological polar surface area (TPSA) is 29.1 Å². The Morgan fingerprint density at radius 1 is 1.21 bits per heavy atom. The molecule has 1 aromatic rings. The van der Waals surface area contributed by atoms with Crippen LogP contribution < -0.4 is 5.32 Å². The minimum atomic E-state index is -0.941. The normalized spacial score (nSPS) is 37.5. The first-order chi connectivity index (χ1) is 11.3. The van der Waals surface area contributed by atoms with Gasteiger partial charge in [-0.15, -0.1) is 0 Å². The van der Waals surface area contributed by atoms with Gasteiger partial charge >= 0.3 is 0 Å². The van der Waals surface area contributed by atoms with E-state index in [0.717, 1.165) is 24.8 Å². The van der Waals surface area contributed by atoms with E-state index in [4.69, 9.17) is 0 Å². The minimum absolute atomic E-state index is 0.0819. The Kier molecular flexibility index (Phi) is 3.56. The molecule has 130 valence electrons. The molecule has 5 atom stereocenters. The second-order valence-electron chi connectivity index (χ2n) is 9.11. The number of alkyl halides is 1. The van der Waals surface area contributed by atoms with Gasteiger partial charge in [0.1, 0.15) is 5.67 Å². The zero-order valence-electron chi connectivity index (χ0n) is 14.9. The lowest BCUT2D eigenvalue weighted by Crippen LogP contribution is -2.61. The molecule has 1 aromatic carbocycles. The molecule has 1 unspecified atom stereocenters. The quantitative estimate of drug-likeness (QED) is 0.880. The van der Waals surface area contributed by atoms with Gasteiger partial charge in [0.05, 0.1) is 5.41 Å². The molecule has 1 N–H and O–H groups in total. The van der Waals surface area contributed by atoms with Gasteiger partial charge in [-0.3, -0.25) is 4.79 Å². The van der Waals surface area contributed by atoms with Crippen molar-refractivity contribution in [3.05, 3.63) is 35.4 Å². The number of hydrogen-bond donors (Lipinski definition) is 1. The molecular formula is C21H28FNO. The molecule has 4 fully saturated rings. The molecular weight excluding hydrogens is 301 g/mol. The van der Waals surface area contributed by atoms with E-state index in [-0.39, 0.29) is 11.9 Å². The number of carbonyl (C=O) groups is 1. The summed E-state index contributed by atoms with van der Waals surface area (Å²) in [5, 5.41) is 3.33. The van der Waals surface area contributed by atoms with Gasteiger partial charge in [-0.2, -0.15) is 0 Å². The number of halogens is 1. The molecule has 4 aliphatic rings. The third kappa shape index (κ3) is 2.57. The van der Waals surface area contributed by atoms with E-state index in [2.05, 4.69) is 24.4 Å². The summed E-state index contributed by atoms with van der Waals surface area (Å²) in [5.41, 5.74) is 0.714. The van der Waals surface area contributed by atoms with Crippen LogP contribution in [0.5, 0.6) is 0 Å². The highest BCUT2D eigenvalue weighted by Gasteiger charge is 2.56. The van der Waals surface area contributed by atoms with Crippen molar-refractivity contribution < 1.29 is 9.18 Å². The maximum absolute atomic E-state index is 14.8. The first kappa shape index (κ1) is 16.1. The van der Waals surface area contributed by atoms with E-state index < -0.39 is 11.1 Å². The smallest absolute Gasteiger partial charge is 0.230 e. The lowest BCUT2D eigenvalue weighted by molar-refractivity contribution is -0.134. The predicted molar refractivity (Wildman–Crippen MR) is 93.5 cm³/mol. The Morgan fingerprint density at radius 2 is 1.88 bits per heavy atom. The average molecular weight is 329 g/mol. The van der Waals surface area contributed by atoms with Crippen molar-refractivity contribution in [2.45, 2.75) is 70.0 Å². The second-order valence-corrected chi connectivity index (χ2v) is 9.11. The van der Waals surface area contributed by atoms with Gasteiger partial charge in [-0.1, -0.05) is 29.8 Å². The zero-order chi connectivity index (χ0) is 17.1. The summed E-state index contributed by atoms with van der Waals surface area (Å²) < 4.78 is 14.8. The van der Waals surface area contributed by atoms with Gasteiger partial charge < -0.3 is 5.32 Å². The van der Waals surface area contributed by atoms with Crippen LogP contribution in [0.1, 0.15) is 57.1 Å².